The van der Waals surface area contributed by atoms with Crippen molar-refractivity contribution in [3.05, 3.63) is 51.1 Å². The van der Waals surface area contributed by atoms with Gasteiger partial charge in [0.15, 0.2) is 5.82 Å². The van der Waals surface area contributed by atoms with Crippen molar-refractivity contribution in [2.75, 3.05) is 23.4 Å². The van der Waals surface area contributed by atoms with Crippen molar-refractivity contribution in [2.45, 2.75) is 32.6 Å². The van der Waals surface area contributed by atoms with Gasteiger partial charge in [-0.25, -0.2) is 4.98 Å². The van der Waals surface area contributed by atoms with Crippen LogP contribution in [0.2, 0.25) is 15.2 Å². The van der Waals surface area contributed by atoms with Gasteiger partial charge in [0.2, 0.25) is 0 Å². The summed E-state index contributed by atoms with van der Waals surface area (Å²) in [4.78, 5) is 6.56. The van der Waals surface area contributed by atoms with Crippen LogP contribution in [0.15, 0.2) is 35.4 Å². The number of hydrogen-bond donors (Lipinski definition) is 1. The van der Waals surface area contributed by atoms with Gasteiger partial charge in [0.1, 0.15) is 5.15 Å². The average Bonchev–Trinajstić information content (AvgIpc) is 2.93. The summed E-state index contributed by atoms with van der Waals surface area (Å²) in [5.74, 6) is 0.376. The van der Waals surface area contributed by atoms with E-state index >= 15 is 0 Å². The van der Waals surface area contributed by atoms with Gasteiger partial charge in [-0.1, -0.05) is 59.8 Å². The van der Waals surface area contributed by atoms with Crippen LogP contribution in [0, 0.1) is 0 Å². The molecule has 0 radical (unpaired) electrons. The summed E-state index contributed by atoms with van der Waals surface area (Å²) in [6.45, 7) is 4.20. The van der Waals surface area contributed by atoms with Gasteiger partial charge in [0.25, 0.3) is 0 Å². The number of halogens is 3. The van der Waals surface area contributed by atoms with E-state index in [1.165, 1.54) is 31.4 Å². The van der Waals surface area contributed by atoms with Gasteiger partial charge in [-0.15, -0.1) is 0 Å². The second-order valence-corrected chi connectivity index (χ2v) is 7.52. The number of benzene rings is 1. The van der Waals surface area contributed by atoms with Crippen LogP contribution < -0.4 is 10.3 Å². The van der Waals surface area contributed by atoms with Crippen molar-refractivity contribution in [1.82, 2.24) is 4.98 Å². The summed E-state index contributed by atoms with van der Waals surface area (Å²) in [5.41, 5.74) is 5.99. The van der Waals surface area contributed by atoms with Crippen LogP contribution in [0.4, 0.5) is 11.5 Å². The Balaban J connectivity index is 1.70. The summed E-state index contributed by atoms with van der Waals surface area (Å²) in [5, 5.41) is 5.23. The molecule has 1 aliphatic heterocycles. The molecule has 0 bridgehead atoms. The lowest BCUT2D eigenvalue weighted by molar-refractivity contribution is 0.726. The second-order valence-electron chi connectivity index (χ2n) is 6.35. The Kier molecular flexibility index (Phi) is 6.63. The molecule has 0 atom stereocenters. The predicted molar refractivity (Wildman–Crippen MR) is 112 cm³/mol. The van der Waals surface area contributed by atoms with E-state index in [1.807, 2.05) is 6.92 Å². The highest BCUT2D eigenvalue weighted by Crippen LogP contribution is 2.29. The number of pyridine rings is 1. The minimum Gasteiger partial charge on any atom is -0.372 e. The molecule has 2 aromatic rings. The minimum atomic E-state index is 0.188. The number of hydrogen-bond acceptors (Lipinski definition) is 4. The summed E-state index contributed by atoms with van der Waals surface area (Å²) < 4.78 is 0. The maximum absolute atomic E-state index is 6.11. The maximum Gasteiger partial charge on any atom is 0.166 e. The van der Waals surface area contributed by atoms with Crippen LogP contribution in [-0.4, -0.2) is 23.8 Å². The molecular formula is C19H21Cl3N4. The molecular weight excluding hydrogens is 391 g/mol. The lowest BCUT2D eigenvalue weighted by Crippen LogP contribution is -2.23. The summed E-state index contributed by atoms with van der Waals surface area (Å²) in [7, 11) is 0. The lowest BCUT2D eigenvalue weighted by Gasteiger charge is -2.22. The molecule has 7 heteroatoms. The molecule has 0 unspecified atom stereocenters. The van der Waals surface area contributed by atoms with E-state index in [0.29, 0.717) is 15.9 Å². The zero-order valence-electron chi connectivity index (χ0n) is 14.6. The molecule has 4 nitrogen and oxygen atoms in total. The Labute approximate surface area is 169 Å². The fourth-order valence-electron chi connectivity index (χ4n) is 2.97. The van der Waals surface area contributed by atoms with E-state index in [0.717, 1.165) is 24.4 Å². The molecule has 0 spiro atoms. The zero-order chi connectivity index (χ0) is 18.5. The number of anilines is 2. The van der Waals surface area contributed by atoms with Gasteiger partial charge >= 0.3 is 0 Å². The average molecular weight is 412 g/mol. The number of aromatic nitrogens is 1. The smallest absolute Gasteiger partial charge is 0.166 e. The van der Waals surface area contributed by atoms with Gasteiger partial charge in [-0.3, -0.25) is 5.43 Å². The van der Waals surface area contributed by atoms with Gasteiger partial charge in [0, 0.05) is 18.8 Å². The molecule has 1 fully saturated rings. The summed E-state index contributed by atoms with van der Waals surface area (Å²) in [6, 6.07) is 10.0. The highest BCUT2D eigenvalue weighted by atomic mass is 35.5. The van der Waals surface area contributed by atoms with Crippen molar-refractivity contribution in [1.29, 1.82) is 0 Å². The quantitative estimate of drug-likeness (QED) is 0.367. The Morgan fingerprint density at radius 2 is 1.65 bits per heavy atom. The van der Waals surface area contributed by atoms with Crippen molar-refractivity contribution in [3.8, 4) is 0 Å². The van der Waals surface area contributed by atoms with Crippen LogP contribution in [0.25, 0.3) is 0 Å². The van der Waals surface area contributed by atoms with E-state index in [-0.39, 0.29) is 5.15 Å². The Hall–Kier alpha value is -1.49. The van der Waals surface area contributed by atoms with Gasteiger partial charge < -0.3 is 4.90 Å². The van der Waals surface area contributed by atoms with Gasteiger partial charge in [0.05, 0.1) is 15.8 Å². The molecule has 2 heterocycles. The van der Waals surface area contributed by atoms with Gasteiger partial charge in [-0.05, 0) is 43.5 Å². The van der Waals surface area contributed by atoms with Crippen molar-refractivity contribution >= 4 is 52.0 Å². The van der Waals surface area contributed by atoms with E-state index in [2.05, 4.69) is 44.7 Å². The minimum absolute atomic E-state index is 0.188. The second kappa shape index (κ2) is 8.94. The highest BCUT2D eigenvalue weighted by molar-refractivity contribution is 6.42. The first kappa shape index (κ1) is 19.3. The largest absolute Gasteiger partial charge is 0.372 e. The third kappa shape index (κ3) is 4.81. The first-order chi connectivity index (χ1) is 12.5. The topological polar surface area (TPSA) is 40.5 Å². The van der Waals surface area contributed by atoms with E-state index in [1.54, 1.807) is 6.07 Å². The van der Waals surface area contributed by atoms with Crippen LogP contribution >= 0.6 is 34.8 Å². The Bertz CT molecular complexity index is 782. The van der Waals surface area contributed by atoms with Crippen LogP contribution in [0.1, 0.15) is 38.2 Å². The third-order valence-electron chi connectivity index (χ3n) is 4.47. The first-order valence-corrected chi connectivity index (χ1v) is 9.85. The van der Waals surface area contributed by atoms with E-state index in [9.17, 15) is 0 Å². The molecule has 1 aromatic heterocycles. The molecule has 1 N–H and O–H groups in total. The maximum atomic E-state index is 6.11. The summed E-state index contributed by atoms with van der Waals surface area (Å²) >= 11 is 17.9. The Morgan fingerprint density at radius 1 is 1.00 bits per heavy atom. The van der Waals surface area contributed by atoms with Crippen LogP contribution in [0.5, 0.6) is 0 Å². The molecule has 3 rings (SSSR count). The number of hydrazone groups is 1. The highest BCUT2D eigenvalue weighted by Gasteiger charge is 2.10. The number of rotatable bonds is 4. The molecule has 1 aliphatic rings. The molecule has 0 saturated carbocycles. The molecule has 1 saturated heterocycles. The molecule has 1 aromatic carbocycles. The lowest BCUT2D eigenvalue weighted by atomic mass is 10.1. The number of nitrogens with one attached hydrogen (secondary N) is 1. The fraction of sp³-hybridized carbons (Fsp3) is 0.368. The molecule has 138 valence electrons. The zero-order valence-corrected chi connectivity index (χ0v) is 16.9. The van der Waals surface area contributed by atoms with Crippen molar-refractivity contribution in [3.63, 3.8) is 0 Å². The van der Waals surface area contributed by atoms with E-state index in [4.69, 9.17) is 34.8 Å². The third-order valence-corrected chi connectivity index (χ3v) is 5.43. The standard InChI is InChI=1S/C19H21Cl3N4/c1-13(24-25-19-17(21)12-16(20)18(22)23-19)14-6-8-15(9-7-14)26-10-4-2-3-5-11-26/h6-9,12H,2-5,10-11H2,1H3,(H,23,25)/b24-13-. The van der Waals surface area contributed by atoms with Crippen molar-refractivity contribution in [2.24, 2.45) is 5.10 Å². The Morgan fingerprint density at radius 3 is 2.31 bits per heavy atom. The fourth-order valence-corrected chi connectivity index (χ4v) is 3.51. The monoisotopic (exact) mass is 410 g/mol. The van der Waals surface area contributed by atoms with Crippen molar-refractivity contribution < 1.29 is 0 Å². The predicted octanol–water partition coefficient (Wildman–Crippen LogP) is 6.26. The number of nitrogens with zero attached hydrogens (tertiary/aromatic N) is 3. The molecule has 0 amide bonds. The van der Waals surface area contributed by atoms with Crippen LogP contribution in [0.3, 0.4) is 0 Å². The first-order valence-electron chi connectivity index (χ1n) is 8.72. The molecule has 0 aliphatic carbocycles. The normalized spacial score (nSPS) is 15.7. The molecule has 26 heavy (non-hydrogen) atoms. The van der Waals surface area contributed by atoms with Crippen LogP contribution in [-0.2, 0) is 0 Å². The van der Waals surface area contributed by atoms with E-state index < -0.39 is 0 Å². The summed E-state index contributed by atoms with van der Waals surface area (Å²) in [6.07, 6.45) is 5.20. The van der Waals surface area contributed by atoms with Gasteiger partial charge in [-0.2, -0.15) is 5.10 Å². The SMILES string of the molecule is C/C(=N/Nc1nc(Cl)c(Cl)cc1Cl)c1ccc(N2CCCCCC2)cc1.